The molecule has 2 unspecified atom stereocenters. The lowest BCUT2D eigenvalue weighted by atomic mass is 9.98. The van der Waals surface area contributed by atoms with Crippen LogP contribution >= 0.6 is 0 Å². The Labute approximate surface area is 159 Å². The molecule has 1 aliphatic carbocycles. The standard InChI is InChI=1S/C22H23NO4/c1-4-14(2)20(21(24)26-3)23-22(25)27-13-19-17-11-7-5-9-15(17)16-10-6-8-12-18(16)19/h4-12,14,19-20H,1,13H2,2-3H3,(H,23,25). The highest BCUT2D eigenvalue weighted by atomic mass is 16.6. The van der Waals surface area contributed by atoms with Crippen molar-refractivity contribution in [2.24, 2.45) is 5.92 Å². The zero-order chi connectivity index (χ0) is 19.4. The molecule has 0 aromatic heterocycles. The van der Waals surface area contributed by atoms with Crippen molar-refractivity contribution in [1.29, 1.82) is 0 Å². The normalized spacial score (nSPS) is 14.4. The van der Waals surface area contributed by atoms with Crippen LogP contribution in [0.4, 0.5) is 4.79 Å². The number of methoxy groups -OCH3 is 1. The summed E-state index contributed by atoms with van der Waals surface area (Å²) in [5.41, 5.74) is 4.59. The topological polar surface area (TPSA) is 64.6 Å². The van der Waals surface area contributed by atoms with Gasteiger partial charge in [-0.05, 0) is 22.3 Å². The SMILES string of the molecule is C=CC(C)C(NC(=O)OCC1c2ccccc2-c2ccccc21)C(=O)OC. The van der Waals surface area contributed by atoms with Gasteiger partial charge in [-0.1, -0.05) is 61.5 Å². The van der Waals surface area contributed by atoms with E-state index in [1.165, 1.54) is 7.11 Å². The molecule has 140 valence electrons. The molecule has 5 nitrogen and oxygen atoms in total. The smallest absolute Gasteiger partial charge is 0.407 e. The van der Waals surface area contributed by atoms with Crippen LogP contribution in [-0.2, 0) is 14.3 Å². The lowest BCUT2D eigenvalue weighted by molar-refractivity contribution is -0.143. The van der Waals surface area contributed by atoms with Gasteiger partial charge in [0.2, 0.25) is 0 Å². The van der Waals surface area contributed by atoms with Gasteiger partial charge in [0.05, 0.1) is 7.11 Å². The fourth-order valence-electron chi connectivity index (χ4n) is 3.44. The van der Waals surface area contributed by atoms with Crippen LogP contribution in [0.3, 0.4) is 0 Å². The predicted molar refractivity (Wildman–Crippen MR) is 103 cm³/mol. The highest BCUT2D eigenvalue weighted by Gasteiger charge is 2.30. The molecule has 5 heteroatoms. The summed E-state index contributed by atoms with van der Waals surface area (Å²) < 4.78 is 10.2. The number of fused-ring (bicyclic) bond motifs is 3. The molecule has 0 saturated carbocycles. The van der Waals surface area contributed by atoms with E-state index in [0.717, 1.165) is 22.3 Å². The molecule has 0 saturated heterocycles. The van der Waals surface area contributed by atoms with Crippen LogP contribution in [0.2, 0.25) is 0 Å². The summed E-state index contributed by atoms with van der Waals surface area (Å²) in [4.78, 5) is 24.2. The van der Waals surface area contributed by atoms with Crippen LogP contribution in [0, 0.1) is 5.92 Å². The van der Waals surface area contributed by atoms with Crippen molar-refractivity contribution in [3.05, 3.63) is 72.3 Å². The van der Waals surface area contributed by atoms with Crippen LogP contribution in [0.5, 0.6) is 0 Å². The Bertz CT molecular complexity index is 815. The fraction of sp³-hybridized carbons (Fsp3) is 0.273. The number of carbonyl (C=O) groups is 2. The third-order valence-electron chi connectivity index (χ3n) is 4.97. The first-order chi connectivity index (χ1) is 13.1. The summed E-state index contributed by atoms with van der Waals surface area (Å²) >= 11 is 0. The van der Waals surface area contributed by atoms with Gasteiger partial charge in [-0.2, -0.15) is 0 Å². The van der Waals surface area contributed by atoms with Gasteiger partial charge >= 0.3 is 12.1 Å². The second kappa shape index (κ2) is 8.08. The van der Waals surface area contributed by atoms with Gasteiger partial charge in [-0.25, -0.2) is 9.59 Å². The van der Waals surface area contributed by atoms with Crippen molar-refractivity contribution < 1.29 is 19.1 Å². The van der Waals surface area contributed by atoms with E-state index in [2.05, 4.69) is 36.2 Å². The molecular formula is C22H23NO4. The van der Waals surface area contributed by atoms with Gasteiger partial charge in [-0.15, -0.1) is 6.58 Å². The van der Waals surface area contributed by atoms with E-state index in [-0.39, 0.29) is 18.4 Å². The zero-order valence-corrected chi connectivity index (χ0v) is 15.5. The highest BCUT2D eigenvalue weighted by molar-refractivity contribution is 5.82. The molecule has 0 spiro atoms. The van der Waals surface area contributed by atoms with E-state index in [1.807, 2.05) is 24.3 Å². The number of amides is 1. The molecule has 1 N–H and O–H groups in total. The highest BCUT2D eigenvalue weighted by Crippen LogP contribution is 2.44. The molecule has 2 atom stereocenters. The van der Waals surface area contributed by atoms with Gasteiger partial charge in [0.15, 0.2) is 0 Å². The Kier molecular flexibility index (Phi) is 5.60. The number of carbonyl (C=O) groups excluding carboxylic acids is 2. The monoisotopic (exact) mass is 365 g/mol. The minimum atomic E-state index is -0.830. The Morgan fingerprint density at radius 1 is 1.11 bits per heavy atom. The van der Waals surface area contributed by atoms with Crippen molar-refractivity contribution in [3.8, 4) is 11.1 Å². The number of hydrogen-bond donors (Lipinski definition) is 1. The molecule has 3 rings (SSSR count). The molecule has 1 amide bonds. The van der Waals surface area contributed by atoms with Crippen LogP contribution in [0.1, 0.15) is 24.0 Å². The maximum Gasteiger partial charge on any atom is 0.407 e. The molecular weight excluding hydrogens is 342 g/mol. The first kappa shape index (κ1) is 18.7. The first-order valence-electron chi connectivity index (χ1n) is 8.88. The largest absolute Gasteiger partial charge is 0.467 e. The van der Waals surface area contributed by atoms with Gasteiger partial charge in [0.25, 0.3) is 0 Å². The maximum atomic E-state index is 12.3. The fourth-order valence-corrected chi connectivity index (χ4v) is 3.44. The quantitative estimate of drug-likeness (QED) is 0.623. The lowest BCUT2D eigenvalue weighted by Crippen LogP contribution is -2.45. The first-order valence-corrected chi connectivity index (χ1v) is 8.88. The van der Waals surface area contributed by atoms with E-state index >= 15 is 0 Å². The third kappa shape index (κ3) is 3.72. The van der Waals surface area contributed by atoms with Crippen LogP contribution in [0.25, 0.3) is 11.1 Å². The molecule has 2 aromatic rings. The third-order valence-corrected chi connectivity index (χ3v) is 4.97. The van der Waals surface area contributed by atoms with E-state index in [9.17, 15) is 9.59 Å². The van der Waals surface area contributed by atoms with Crippen LogP contribution in [0.15, 0.2) is 61.2 Å². The molecule has 0 aliphatic heterocycles. The van der Waals surface area contributed by atoms with Crippen molar-refractivity contribution in [2.75, 3.05) is 13.7 Å². The molecule has 0 bridgehead atoms. The average molecular weight is 365 g/mol. The molecule has 2 aromatic carbocycles. The summed E-state index contributed by atoms with van der Waals surface area (Å²) in [6.45, 7) is 5.63. The number of nitrogens with one attached hydrogen (secondary N) is 1. The molecule has 1 aliphatic rings. The Morgan fingerprint density at radius 3 is 2.19 bits per heavy atom. The number of hydrogen-bond acceptors (Lipinski definition) is 4. The summed E-state index contributed by atoms with van der Waals surface area (Å²) in [5, 5.41) is 2.58. The van der Waals surface area contributed by atoms with Crippen LogP contribution < -0.4 is 5.32 Å². The van der Waals surface area contributed by atoms with Crippen LogP contribution in [-0.4, -0.2) is 31.8 Å². The summed E-state index contributed by atoms with van der Waals surface area (Å²) in [5.74, 6) is -0.842. The molecule has 27 heavy (non-hydrogen) atoms. The number of alkyl carbamates (subject to hydrolysis) is 1. The van der Waals surface area contributed by atoms with Crippen molar-refractivity contribution in [1.82, 2.24) is 5.32 Å². The second-order valence-corrected chi connectivity index (χ2v) is 6.57. The summed E-state index contributed by atoms with van der Waals surface area (Å²) in [7, 11) is 1.28. The maximum absolute atomic E-state index is 12.3. The van der Waals surface area contributed by atoms with E-state index in [1.54, 1.807) is 13.0 Å². The second-order valence-electron chi connectivity index (χ2n) is 6.57. The zero-order valence-electron chi connectivity index (χ0n) is 15.5. The molecule has 0 radical (unpaired) electrons. The average Bonchev–Trinajstić information content (AvgIpc) is 3.03. The number of rotatable bonds is 6. The van der Waals surface area contributed by atoms with Gasteiger partial charge in [0.1, 0.15) is 12.6 Å². The Balaban J connectivity index is 1.72. The number of ether oxygens (including phenoxy) is 2. The summed E-state index contributed by atoms with van der Waals surface area (Å²) in [6, 6.07) is 15.4. The van der Waals surface area contributed by atoms with E-state index in [4.69, 9.17) is 9.47 Å². The lowest BCUT2D eigenvalue weighted by Gasteiger charge is -2.21. The van der Waals surface area contributed by atoms with Gasteiger partial charge < -0.3 is 14.8 Å². The minimum Gasteiger partial charge on any atom is -0.467 e. The number of benzene rings is 2. The molecule has 0 heterocycles. The van der Waals surface area contributed by atoms with E-state index < -0.39 is 18.1 Å². The molecule has 0 fully saturated rings. The van der Waals surface area contributed by atoms with E-state index in [0.29, 0.717) is 0 Å². The van der Waals surface area contributed by atoms with Crippen molar-refractivity contribution >= 4 is 12.1 Å². The van der Waals surface area contributed by atoms with Gasteiger partial charge in [-0.3, -0.25) is 0 Å². The predicted octanol–water partition coefficient (Wildman–Crippen LogP) is 3.89. The summed E-state index contributed by atoms with van der Waals surface area (Å²) in [6.07, 6.45) is 0.937. The number of esters is 1. The Morgan fingerprint density at radius 2 is 1.67 bits per heavy atom. The minimum absolute atomic E-state index is 0.0310. The van der Waals surface area contributed by atoms with Crippen molar-refractivity contribution in [2.45, 2.75) is 18.9 Å². The van der Waals surface area contributed by atoms with Gasteiger partial charge in [0, 0.05) is 11.8 Å². The van der Waals surface area contributed by atoms with Crippen molar-refractivity contribution in [3.63, 3.8) is 0 Å². The Hall–Kier alpha value is -3.08.